The summed E-state index contributed by atoms with van der Waals surface area (Å²) in [4.78, 5) is 10.7. The van der Waals surface area contributed by atoms with Crippen molar-refractivity contribution in [3.05, 3.63) is 237 Å². The lowest BCUT2D eigenvalue weighted by atomic mass is 9.91. The van der Waals surface area contributed by atoms with Crippen LogP contribution in [0.15, 0.2) is 237 Å². The van der Waals surface area contributed by atoms with E-state index >= 15 is 0 Å². The first-order valence-corrected chi connectivity index (χ1v) is 21.5. The average molecular weight is 802 g/mol. The Morgan fingerprint density at radius 1 is 0.302 bits per heavy atom. The molecule has 3 nitrogen and oxygen atoms in total. The van der Waals surface area contributed by atoms with Crippen LogP contribution in [0, 0.1) is 0 Å². The van der Waals surface area contributed by atoms with Crippen molar-refractivity contribution in [1.82, 2.24) is 14.5 Å². The molecule has 0 N–H and O–H groups in total. The van der Waals surface area contributed by atoms with Crippen molar-refractivity contribution in [1.29, 1.82) is 0 Å². The van der Waals surface area contributed by atoms with Gasteiger partial charge in [-0.05, 0) is 110 Å². The Bertz CT molecular complexity index is 3620. The van der Waals surface area contributed by atoms with Crippen LogP contribution < -0.4 is 0 Å². The van der Waals surface area contributed by atoms with E-state index in [1.165, 1.54) is 54.8 Å². The molecule has 0 bridgehead atoms. The molecule has 0 radical (unpaired) electrons. The van der Waals surface area contributed by atoms with Gasteiger partial charge in [0.15, 0.2) is 5.82 Å². The molecule has 0 aliphatic heterocycles. The molecule has 63 heavy (non-hydrogen) atoms. The highest BCUT2D eigenvalue weighted by atomic mass is 15.0. The van der Waals surface area contributed by atoms with Crippen LogP contribution in [0.2, 0.25) is 0 Å². The van der Waals surface area contributed by atoms with Gasteiger partial charge < -0.3 is 4.57 Å². The van der Waals surface area contributed by atoms with Crippen LogP contribution in [0.1, 0.15) is 0 Å². The smallest absolute Gasteiger partial charge is 0.160 e. The van der Waals surface area contributed by atoms with Crippen molar-refractivity contribution in [2.75, 3.05) is 0 Å². The van der Waals surface area contributed by atoms with Crippen molar-refractivity contribution in [2.45, 2.75) is 0 Å². The van der Waals surface area contributed by atoms with E-state index < -0.39 is 0 Å². The standard InChI is InChI=1S/C60H39N3/c1-5-16-40(17-6-1)41-28-30-44(31-29-41)52-39-55-53(38-51(52)43-20-9-3-10-21-43)59(45-22-11-4-12-23-45)62-60(61-55)46-32-34-49(35-33-46)63-56-27-15-26-50(42-18-7-2-8-19-42)58(56)54-36-47-24-13-14-25-48(47)37-57(54)63/h1-39H. The molecule has 294 valence electrons. The van der Waals surface area contributed by atoms with Crippen molar-refractivity contribution >= 4 is 43.5 Å². The van der Waals surface area contributed by atoms with Gasteiger partial charge in [0, 0.05) is 33.0 Å². The molecule has 0 saturated carbocycles. The number of fused-ring (bicyclic) bond motifs is 5. The highest BCUT2D eigenvalue weighted by Gasteiger charge is 2.20. The summed E-state index contributed by atoms with van der Waals surface area (Å²) in [6.07, 6.45) is 0. The van der Waals surface area contributed by atoms with Gasteiger partial charge in [-0.3, -0.25) is 0 Å². The van der Waals surface area contributed by atoms with Crippen LogP contribution in [-0.2, 0) is 0 Å². The summed E-state index contributed by atoms with van der Waals surface area (Å²) in [5, 5.41) is 5.94. The van der Waals surface area contributed by atoms with Gasteiger partial charge in [-0.2, -0.15) is 0 Å². The Morgan fingerprint density at radius 2 is 0.810 bits per heavy atom. The molecular weight excluding hydrogens is 763 g/mol. The van der Waals surface area contributed by atoms with Gasteiger partial charge in [0.25, 0.3) is 0 Å². The molecule has 3 heteroatoms. The van der Waals surface area contributed by atoms with Crippen LogP contribution in [0.3, 0.4) is 0 Å². The predicted molar refractivity (Wildman–Crippen MR) is 264 cm³/mol. The Balaban J connectivity index is 1.03. The topological polar surface area (TPSA) is 30.7 Å². The van der Waals surface area contributed by atoms with Crippen molar-refractivity contribution in [3.63, 3.8) is 0 Å². The van der Waals surface area contributed by atoms with Gasteiger partial charge in [-0.1, -0.05) is 182 Å². The molecular formula is C60H39N3. The molecule has 2 aromatic heterocycles. The fraction of sp³-hybridized carbons (Fsp3) is 0. The molecule has 0 saturated heterocycles. The fourth-order valence-corrected chi connectivity index (χ4v) is 9.34. The third-order valence-electron chi connectivity index (χ3n) is 12.4. The molecule has 0 aliphatic carbocycles. The number of hydrogen-bond donors (Lipinski definition) is 0. The SMILES string of the molecule is c1ccc(-c2ccc(-c3cc4nc(-c5ccc(-n6c7cc8ccccc8cc7c7c(-c8ccccc8)cccc76)cc5)nc(-c5ccccc5)c4cc3-c3ccccc3)cc2)cc1. The van der Waals surface area contributed by atoms with E-state index in [0.717, 1.165) is 55.7 Å². The van der Waals surface area contributed by atoms with E-state index in [4.69, 9.17) is 9.97 Å². The second-order valence-corrected chi connectivity index (χ2v) is 16.2. The fourth-order valence-electron chi connectivity index (χ4n) is 9.34. The molecule has 12 aromatic rings. The van der Waals surface area contributed by atoms with E-state index in [0.29, 0.717) is 5.82 Å². The molecule has 0 spiro atoms. The van der Waals surface area contributed by atoms with Crippen LogP contribution in [0.25, 0.3) is 116 Å². The van der Waals surface area contributed by atoms with E-state index in [9.17, 15) is 0 Å². The van der Waals surface area contributed by atoms with Crippen molar-refractivity contribution < 1.29 is 0 Å². The lowest BCUT2D eigenvalue weighted by molar-refractivity contribution is 1.17. The quantitative estimate of drug-likeness (QED) is 0.161. The van der Waals surface area contributed by atoms with Crippen LogP contribution >= 0.6 is 0 Å². The zero-order valence-corrected chi connectivity index (χ0v) is 34.4. The van der Waals surface area contributed by atoms with Crippen LogP contribution in [0.4, 0.5) is 0 Å². The number of aromatic nitrogens is 3. The average Bonchev–Trinajstić information content (AvgIpc) is 3.69. The molecule has 0 amide bonds. The molecule has 2 heterocycles. The Kier molecular flexibility index (Phi) is 8.83. The third-order valence-corrected chi connectivity index (χ3v) is 12.4. The summed E-state index contributed by atoms with van der Waals surface area (Å²) >= 11 is 0. The number of benzene rings is 10. The van der Waals surface area contributed by atoms with E-state index in [1.54, 1.807) is 0 Å². The van der Waals surface area contributed by atoms with Gasteiger partial charge in [0.1, 0.15) is 0 Å². The molecule has 12 rings (SSSR count). The van der Waals surface area contributed by atoms with Gasteiger partial charge in [0.2, 0.25) is 0 Å². The van der Waals surface area contributed by atoms with E-state index in [2.05, 4.69) is 241 Å². The predicted octanol–water partition coefficient (Wildman–Crippen LogP) is 15.9. The van der Waals surface area contributed by atoms with Gasteiger partial charge in [0.05, 0.1) is 22.2 Å². The molecule has 0 atom stereocenters. The maximum absolute atomic E-state index is 5.38. The minimum Gasteiger partial charge on any atom is -0.309 e. The lowest BCUT2D eigenvalue weighted by Gasteiger charge is -2.16. The molecule has 0 unspecified atom stereocenters. The largest absolute Gasteiger partial charge is 0.309 e. The minimum atomic E-state index is 0.685. The lowest BCUT2D eigenvalue weighted by Crippen LogP contribution is -1.98. The monoisotopic (exact) mass is 801 g/mol. The summed E-state index contributed by atoms with van der Waals surface area (Å²) in [7, 11) is 0. The maximum Gasteiger partial charge on any atom is 0.160 e. The number of hydrogen-bond acceptors (Lipinski definition) is 2. The number of rotatable bonds is 7. The van der Waals surface area contributed by atoms with E-state index in [1.807, 2.05) is 0 Å². The zero-order chi connectivity index (χ0) is 41.7. The van der Waals surface area contributed by atoms with Crippen molar-refractivity contribution in [3.8, 4) is 72.8 Å². The summed E-state index contributed by atoms with van der Waals surface area (Å²) in [6.45, 7) is 0. The summed E-state index contributed by atoms with van der Waals surface area (Å²) < 4.78 is 2.41. The van der Waals surface area contributed by atoms with Crippen LogP contribution in [-0.4, -0.2) is 14.5 Å². The zero-order valence-electron chi connectivity index (χ0n) is 34.4. The molecule has 0 fully saturated rings. The molecule has 10 aromatic carbocycles. The minimum absolute atomic E-state index is 0.685. The summed E-state index contributed by atoms with van der Waals surface area (Å²) in [6, 6.07) is 84.6. The maximum atomic E-state index is 5.38. The van der Waals surface area contributed by atoms with Gasteiger partial charge in [-0.25, -0.2) is 9.97 Å². The van der Waals surface area contributed by atoms with Crippen molar-refractivity contribution in [2.24, 2.45) is 0 Å². The Hall–Kier alpha value is -8.40. The Labute approximate surface area is 365 Å². The first-order chi connectivity index (χ1) is 31.2. The number of nitrogens with zero attached hydrogens (tertiary/aromatic N) is 3. The van der Waals surface area contributed by atoms with Crippen LogP contribution in [0.5, 0.6) is 0 Å². The second kappa shape index (κ2) is 15.3. The second-order valence-electron chi connectivity index (χ2n) is 16.2. The first kappa shape index (κ1) is 36.5. The normalized spacial score (nSPS) is 11.5. The highest BCUT2D eigenvalue weighted by Crippen LogP contribution is 2.42. The molecule has 0 aliphatic rings. The highest BCUT2D eigenvalue weighted by molar-refractivity contribution is 6.18. The van der Waals surface area contributed by atoms with Gasteiger partial charge in [-0.15, -0.1) is 0 Å². The summed E-state index contributed by atoms with van der Waals surface area (Å²) in [5.41, 5.74) is 16.6. The Morgan fingerprint density at radius 3 is 1.48 bits per heavy atom. The summed E-state index contributed by atoms with van der Waals surface area (Å²) in [5.74, 6) is 0.685. The first-order valence-electron chi connectivity index (χ1n) is 21.5. The van der Waals surface area contributed by atoms with E-state index in [-0.39, 0.29) is 0 Å². The third kappa shape index (κ3) is 6.46. The van der Waals surface area contributed by atoms with Gasteiger partial charge >= 0.3 is 0 Å².